The third-order valence-corrected chi connectivity index (χ3v) is 5.39. The van der Waals surface area contributed by atoms with Gasteiger partial charge in [0.1, 0.15) is 6.10 Å². The fourth-order valence-electron chi connectivity index (χ4n) is 3.63. The molecule has 1 fully saturated rings. The van der Waals surface area contributed by atoms with Crippen LogP contribution in [0.4, 0.5) is 0 Å². The molecule has 2 aliphatic rings. The number of carbonyl (C=O) groups is 3. The van der Waals surface area contributed by atoms with Gasteiger partial charge in [0, 0.05) is 51.2 Å². The number of amides is 3. The van der Waals surface area contributed by atoms with Crippen LogP contribution in [0.25, 0.3) is 5.69 Å². The van der Waals surface area contributed by atoms with Gasteiger partial charge in [-0.25, -0.2) is 4.68 Å². The summed E-state index contributed by atoms with van der Waals surface area (Å²) in [6.07, 6.45) is 5.92. The molecule has 33 heavy (non-hydrogen) atoms. The van der Waals surface area contributed by atoms with E-state index < -0.39 is 12.0 Å². The van der Waals surface area contributed by atoms with Crippen LogP contribution in [0.1, 0.15) is 54.5 Å². The van der Waals surface area contributed by atoms with Crippen molar-refractivity contribution in [2.24, 2.45) is 5.73 Å². The number of benzene rings is 1. The lowest BCUT2D eigenvalue weighted by Crippen LogP contribution is -2.35. The molecule has 0 bridgehead atoms. The number of rotatable bonds is 2. The van der Waals surface area contributed by atoms with E-state index in [0.29, 0.717) is 38.0 Å². The number of likely N-dealkylation sites (tertiary alicyclic amines) is 1. The Morgan fingerprint density at radius 1 is 1.27 bits per heavy atom. The van der Waals surface area contributed by atoms with Gasteiger partial charge in [0.05, 0.1) is 11.4 Å². The Morgan fingerprint density at radius 3 is 2.45 bits per heavy atom. The molecule has 1 atom stereocenters. The van der Waals surface area contributed by atoms with Crippen LogP contribution in [0.5, 0.6) is 0 Å². The van der Waals surface area contributed by atoms with Crippen LogP contribution < -0.4 is 5.73 Å². The third kappa shape index (κ3) is 5.79. The van der Waals surface area contributed by atoms with Crippen molar-refractivity contribution < 1.29 is 19.5 Å². The average Bonchev–Trinajstić information content (AvgIpc) is 3.35. The highest BCUT2D eigenvalue weighted by molar-refractivity contribution is 5.93. The lowest BCUT2D eigenvalue weighted by atomic mass is 10.0. The molecule has 9 nitrogen and oxygen atoms in total. The van der Waals surface area contributed by atoms with Crippen LogP contribution in [0, 0.1) is 12.3 Å². The van der Waals surface area contributed by atoms with E-state index in [1.54, 1.807) is 16.6 Å². The van der Waals surface area contributed by atoms with Gasteiger partial charge in [0.15, 0.2) is 5.69 Å². The topological polar surface area (TPSA) is 122 Å². The van der Waals surface area contributed by atoms with E-state index in [4.69, 9.17) is 17.3 Å². The molecule has 2 aromatic rings. The quantitative estimate of drug-likeness (QED) is 0.660. The molecule has 0 radical (unpaired) electrons. The van der Waals surface area contributed by atoms with Crippen molar-refractivity contribution in [3.8, 4) is 18.0 Å². The number of primary amides is 1. The summed E-state index contributed by atoms with van der Waals surface area (Å²) in [6.45, 7) is 7.13. The smallest absolute Gasteiger partial charge is 0.269 e. The van der Waals surface area contributed by atoms with Crippen LogP contribution in [0.15, 0.2) is 24.3 Å². The lowest BCUT2D eigenvalue weighted by Gasteiger charge is -2.26. The van der Waals surface area contributed by atoms with Gasteiger partial charge in [-0.15, -0.1) is 6.42 Å². The summed E-state index contributed by atoms with van der Waals surface area (Å²) in [6, 6.07) is 7.37. The Labute approximate surface area is 194 Å². The van der Waals surface area contributed by atoms with E-state index in [1.165, 1.54) is 11.8 Å². The standard InChI is InChI=1S/C17H16N4O2.C5H9NO2.C2H6/c1-3-12-5-4-6-13(9-12)21-15-7-8-20(11(2)22)10-14(15)16(19-21)17(18)23;1-6-3-2-4(7)5(6)8;1-2/h1,4-6,9H,7-8,10H2,2H3,(H2,18,23);4,7H,2-3H2,1H3;1-2H3. The minimum atomic E-state index is -0.722. The second-order valence-corrected chi connectivity index (χ2v) is 7.50. The Morgan fingerprint density at radius 2 is 1.97 bits per heavy atom. The monoisotopic (exact) mass is 453 g/mol. The van der Waals surface area contributed by atoms with Gasteiger partial charge in [-0.2, -0.15) is 5.10 Å². The number of terminal acetylenes is 1. The normalized spacial score (nSPS) is 16.6. The Hall–Kier alpha value is -3.64. The molecule has 0 spiro atoms. The zero-order valence-electron chi connectivity index (χ0n) is 19.5. The summed E-state index contributed by atoms with van der Waals surface area (Å²) in [5.41, 5.74) is 8.78. The molecule has 4 rings (SSSR count). The molecular weight excluding hydrogens is 422 g/mol. The predicted molar refractivity (Wildman–Crippen MR) is 124 cm³/mol. The van der Waals surface area contributed by atoms with Crippen LogP contribution in [0.3, 0.4) is 0 Å². The maximum Gasteiger partial charge on any atom is 0.269 e. The first-order valence-electron chi connectivity index (χ1n) is 10.9. The van der Waals surface area contributed by atoms with Crippen LogP contribution >= 0.6 is 0 Å². The Balaban J connectivity index is 0.000000323. The maximum atomic E-state index is 11.7. The van der Waals surface area contributed by atoms with Gasteiger partial charge >= 0.3 is 0 Å². The summed E-state index contributed by atoms with van der Waals surface area (Å²) >= 11 is 0. The van der Waals surface area contributed by atoms with Crippen molar-refractivity contribution in [1.29, 1.82) is 0 Å². The molecule has 2 aliphatic heterocycles. The number of hydrogen-bond acceptors (Lipinski definition) is 5. The molecular formula is C24H31N5O4. The van der Waals surface area contributed by atoms with E-state index in [0.717, 1.165) is 16.9 Å². The molecule has 9 heteroatoms. The second-order valence-electron chi connectivity index (χ2n) is 7.50. The maximum absolute atomic E-state index is 11.7. The van der Waals surface area contributed by atoms with E-state index in [9.17, 15) is 14.4 Å². The number of aliphatic hydroxyl groups is 1. The van der Waals surface area contributed by atoms with Gasteiger partial charge in [0.25, 0.3) is 11.8 Å². The molecule has 1 aromatic heterocycles. The highest BCUT2D eigenvalue weighted by Gasteiger charge is 2.29. The SMILES string of the molecule is C#Cc1cccc(-n2nc(C(N)=O)c3c2CCN(C(C)=O)C3)c1.CC.CN1CCC(O)C1=O. The number of carbonyl (C=O) groups excluding carboxylic acids is 3. The molecule has 1 unspecified atom stereocenters. The van der Waals surface area contributed by atoms with Gasteiger partial charge in [-0.05, 0) is 24.6 Å². The van der Waals surface area contributed by atoms with E-state index in [-0.39, 0.29) is 17.5 Å². The lowest BCUT2D eigenvalue weighted by molar-refractivity contribution is -0.133. The third-order valence-electron chi connectivity index (χ3n) is 5.39. The molecule has 0 saturated carbocycles. The van der Waals surface area contributed by atoms with E-state index in [1.807, 2.05) is 38.1 Å². The summed E-state index contributed by atoms with van der Waals surface area (Å²) in [7, 11) is 1.69. The van der Waals surface area contributed by atoms with Crippen molar-refractivity contribution in [2.45, 2.75) is 46.3 Å². The van der Waals surface area contributed by atoms with Crippen LogP contribution in [-0.2, 0) is 22.6 Å². The summed E-state index contributed by atoms with van der Waals surface area (Å²) in [5.74, 6) is 1.80. The van der Waals surface area contributed by atoms with Gasteiger partial charge in [0.2, 0.25) is 5.91 Å². The summed E-state index contributed by atoms with van der Waals surface area (Å²) < 4.78 is 1.70. The molecule has 1 saturated heterocycles. The van der Waals surface area contributed by atoms with Crippen molar-refractivity contribution in [1.82, 2.24) is 19.6 Å². The Bertz CT molecular complexity index is 1060. The zero-order valence-corrected chi connectivity index (χ0v) is 19.5. The van der Waals surface area contributed by atoms with E-state index in [2.05, 4.69) is 11.0 Å². The van der Waals surface area contributed by atoms with Crippen LogP contribution in [-0.4, -0.2) is 68.6 Å². The first-order valence-corrected chi connectivity index (χ1v) is 10.9. The van der Waals surface area contributed by atoms with Crippen molar-refractivity contribution in [3.05, 3.63) is 46.8 Å². The van der Waals surface area contributed by atoms with Gasteiger partial charge in [-0.1, -0.05) is 25.8 Å². The van der Waals surface area contributed by atoms with Gasteiger partial charge in [-0.3, -0.25) is 14.4 Å². The molecule has 0 aliphatic carbocycles. The fraction of sp³-hybridized carbons (Fsp3) is 0.417. The molecule has 176 valence electrons. The number of likely N-dealkylation sites (N-methyl/N-ethyl adjacent to an activating group) is 1. The number of aromatic nitrogens is 2. The molecule has 1 aromatic carbocycles. The highest BCUT2D eigenvalue weighted by atomic mass is 16.3. The number of aliphatic hydroxyl groups excluding tert-OH is 1. The number of fused-ring (bicyclic) bond motifs is 1. The number of nitrogens with two attached hydrogens (primary N) is 1. The highest BCUT2D eigenvalue weighted by Crippen LogP contribution is 2.25. The zero-order chi connectivity index (χ0) is 24.7. The molecule has 3 N–H and O–H groups in total. The first kappa shape index (κ1) is 25.6. The predicted octanol–water partition coefficient (Wildman–Crippen LogP) is 1.09. The molecule has 3 heterocycles. The Kier molecular flexibility index (Phi) is 8.77. The van der Waals surface area contributed by atoms with Crippen molar-refractivity contribution in [3.63, 3.8) is 0 Å². The first-order chi connectivity index (χ1) is 15.7. The van der Waals surface area contributed by atoms with Crippen molar-refractivity contribution in [2.75, 3.05) is 20.1 Å². The number of nitrogens with zero attached hydrogens (tertiary/aromatic N) is 4. The summed E-state index contributed by atoms with van der Waals surface area (Å²) in [5, 5.41) is 13.1. The van der Waals surface area contributed by atoms with E-state index >= 15 is 0 Å². The van der Waals surface area contributed by atoms with Crippen molar-refractivity contribution >= 4 is 17.7 Å². The largest absolute Gasteiger partial charge is 0.383 e. The fourth-order valence-corrected chi connectivity index (χ4v) is 3.63. The number of hydrogen-bond donors (Lipinski definition) is 2. The van der Waals surface area contributed by atoms with Gasteiger partial charge < -0.3 is 20.6 Å². The average molecular weight is 454 g/mol. The second kappa shape index (κ2) is 11.3. The minimum absolute atomic E-state index is 0.0341. The summed E-state index contributed by atoms with van der Waals surface area (Å²) in [4.78, 5) is 37.1. The molecule has 3 amide bonds. The minimum Gasteiger partial charge on any atom is -0.383 e. The van der Waals surface area contributed by atoms with Crippen LogP contribution in [0.2, 0.25) is 0 Å².